The summed E-state index contributed by atoms with van der Waals surface area (Å²) in [5, 5.41) is 17.6. The number of aliphatic hydroxyl groups is 1. The van der Waals surface area contributed by atoms with Crippen LogP contribution in [0.4, 0.5) is 0 Å². The molecule has 0 saturated heterocycles. The first-order valence-corrected chi connectivity index (χ1v) is 11.7. The lowest BCUT2D eigenvalue weighted by molar-refractivity contribution is -0.151. The van der Waals surface area contributed by atoms with Crippen molar-refractivity contribution in [1.29, 1.82) is 0 Å². The van der Waals surface area contributed by atoms with Crippen LogP contribution in [0.25, 0.3) is 0 Å². The summed E-state index contributed by atoms with van der Waals surface area (Å²) in [5.74, 6) is -1.58. The van der Waals surface area contributed by atoms with Crippen molar-refractivity contribution in [2.45, 2.75) is 46.1 Å². The molecule has 0 aliphatic rings. The lowest BCUT2D eigenvalue weighted by atomic mass is 9.87. The number of imidazole rings is 1. The van der Waals surface area contributed by atoms with E-state index in [-0.39, 0.29) is 49.5 Å². The fourth-order valence-corrected chi connectivity index (χ4v) is 3.23. The molecule has 0 unspecified atom stereocenters. The van der Waals surface area contributed by atoms with Gasteiger partial charge in [-0.15, -0.1) is 0 Å². The van der Waals surface area contributed by atoms with Crippen molar-refractivity contribution >= 4 is 40.6 Å². The van der Waals surface area contributed by atoms with Gasteiger partial charge >= 0.3 is 5.97 Å². The molecule has 0 aliphatic heterocycles. The number of hydrogen-bond donors (Lipinski definition) is 5. The monoisotopic (exact) mass is 499 g/mol. The van der Waals surface area contributed by atoms with Crippen LogP contribution in [0.1, 0.15) is 39.3 Å². The number of carbonyl (C=O) groups is 5. The molecule has 0 aliphatic carbocycles. The Balaban J connectivity index is 2.12. The Hall–Kier alpha value is -2.93. The van der Waals surface area contributed by atoms with Gasteiger partial charge in [0.15, 0.2) is 5.12 Å². The highest BCUT2D eigenvalue weighted by Crippen LogP contribution is 2.21. The van der Waals surface area contributed by atoms with Crippen LogP contribution in [0, 0.1) is 5.41 Å². The van der Waals surface area contributed by atoms with Crippen molar-refractivity contribution in [2.75, 3.05) is 32.0 Å². The zero-order valence-electron chi connectivity index (χ0n) is 19.6. The highest BCUT2D eigenvalue weighted by Gasteiger charge is 2.34. The quantitative estimate of drug-likeness (QED) is 0.118. The van der Waals surface area contributed by atoms with E-state index in [1.807, 2.05) is 0 Å². The maximum Gasteiger partial charge on any atom is 0.302 e. The third-order valence-corrected chi connectivity index (χ3v) is 5.43. The maximum atomic E-state index is 12.1. The first-order chi connectivity index (χ1) is 16.0. The predicted molar refractivity (Wildman–Crippen MR) is 124 cm³/mol. The van der Waals surface area contributed by atoms with Crippen LogP contribution in [-0.4, -0.2) is 82.0 Å². The van der Waals surface area contributed by atoms with E-state index in [0.29, 0.717) is 18.7 Å². The van der Waals surface area contributed by atoms with E-state index >= 15 is 0 Å². The number of nitrogens with one attached hydrogen (secondary N) is 4. The summed E-state index contributed by atoms with van der Waals surface area (Å²) < 4.78 is 4.85. The fraction of sp³-hybridized carbons (Fsp3) is 0.619. The second kappa shape index (κ2) is 15.1. The van der Waals surface area contributed by atoms with Crippen LogP contribution in [0.5, 0.6) is 0 Å². The molecule has 0 bridgehead atoms. The van der Waals surface area contributed by atoms with E-state index in [1.54, 1.807) is 26.4 Å². The molecule has 13 heteroatoms. The van der Waals surface area contributed by atoms with E-state index < -0.39 is 23.4 Å². The number of aromatic amines is 1. The Bertz CT molecular complexity index is 829. The molecule has 34 heavy (non-hydrogen) atoms. The van der Waals surface area contributed by atoms with Crippen LogP contribution in [0.3, 0.4) is 0 Å². The number of aliphatic hydroxyl groups excluding tert-OH is 1. The number of nitrogens with zero attached hydrogens (tertiary/aromatic N) is 1. The number of esters is 1. The molecule has 1 rings (SSSR count). The molecule has 190 valence electrons. The van der Waals surface area contributed by atoms with Gasteiger partial charge in [0.25, 0.3) is 0 Å². The molecular formula is C21H33N5O7S. The highest BCUT2D eigenvalue weighted by molar-refractivity contribution is 8.13. The van der Waals surface area contributed by atoms with Crippen LogP contribution in [0.2, 0.25) is 0 Å². The lowest BCUT2D eigenvalue weighted by Gasteiger charge is -2.28. The molecule has 1 atom stereocenters. The molecule has 0 saturated carbocycles. The minimum atomic E-state index is -1.42. The van der Waals surface area contributed by atoms with Crippen LogP contribution in [0.15, 0.2) is 12.5 Å². The minimum absolute atomic E-state index is 0.0101. The SMILES string of the molecule is CC(=O)OCC(C)(C)[C@@H](O)C(=O)NCCC(=O)NCCSC(=O)CC(=O)NCCc1cnc[nH]1. The molecule has 1 aromatic heterocycles. The Kier molecular flexibility index (Phi) is 12.9. The van der Waals surface area contributed by atoms with Crippen molar-refractivity contribution in [1.82, 2.24) is 25.9 Å². The summed E-state index contributed by atoms with van der Waals surface area (Å²) in [6.07, 6.45) is 2.12. The number of hydrogen-bond acceptors (Lipinski definition) is 9. The Morgan fingerprint density at radius 3 is 2.47 bits per heavy atom. The normalized spacial score (nSPS) is 11.9. The number of carbonyl (C=O) groups excluding carboxylic acids is 5. The van der Waals surface area contributed by atoms with Crippen LogP contribution < -0.4 is 16.0 Å². The van der Waals surface area contributed by atoms with Gasteiger partial charge in [0, 0.05) is 62.5 Å². The number of rotatable bonds is 15. The van der Waals surface area contributed by atoms with Gasteiger partial charge in [0.1, 0.15) is 6.10 Å². The number of amides is 3. The van der Waals surface area contributed by atoms with Crippen LogP contribution in [-0.2, 0) is 35.1 Å². The summed E-state index contributed by atoms with van der Waals surface area (Å²) in [6.45, 7) is 4.90. The molecular weight excluding hydrogens is 466 g/mol. The maximum absolute atomic E-state index is 12.1. The Morgan fingerprint density at radius 2 is 1.82 bits per heavy atom. The summed E-state index contributed by atoms with van der Waals surface area (Å²) in [7, 11) is 0. The first kappa shape index (κ1) is 29.1. The van der Waals surface area contributed by atoms with Gasteiger partial charge in [-0.1, -0.05) is 25.6 Å². The van der Waals surface area contributed by atoms with Gasteiger partial charge in [-0.3, -0.25) is 24.0 Å². The molecule has 0 spiro atoms. The molecule has 12 nitrogen and oxygen atoms in total. The van der Waals surface area contributed by atoms with Gasteiger partial charge in [0.05, 0.1) is 19.4 Å². The van der Waals surface area contributed by atoms with E-state index in [2.05, 4.69) is 25.9 Å². The van der Waals surface area contributed by atoms with Crippen molar-refractivity contribution in [3.63, 3.8) is 0 Å². The predicted octanol–water partition coefficient (Wildman–Crippen LogP) is -0.709. The third kappa shape index (κ3) is 12.3. The van der Waals surface area contributed by atoms with Crippen molar-refractivity contribution in [3.8, 4) is 0 Å². The molecule has 0 fully saturated rings. The van der Waals surface area contributed by atoms with Crippen LogP contribution >= 0.6 is 11.8 Å². The number of aromatic nitrogens is 2. The summed E-state index contributed by atoms with van der Waals surface area (Å²) in [6, 6.07) is 0. The largest absolute Gasteiger partial charge is 0.465 e. The summed E-state index contributed by atoms with van der Waals surface area (Å²) in [4.78, 5) is 65.2. The molecule has 0 radical (unpaired) electrons. The first-order valence-electron chi connectivity index (χ1n) is 10.8. The molecule has 1 aromatic rings. The zero-order valence-corrected chi connectivity index (χ0v) is 20.5. The standard InChI is InChI=1S/C21H33N5O7S/c1-14(27)33-12-21(2,3)19(31)20(32)25-7-5-16(28)24-8-9-34-18(30)10-17(29)23-6-4-15-11-22-13-26-15/h11,13,19,31H,4-10,12H2,1-3H3,(H,22,26)(H,23,29)(H,24,28)(H,25,32)/t19-/m0/s1. The molecule has 1 heterocycles. The van der Waals surface area contributed by atoms with Gasteiger partial charge in [-0.2, -0.15) is 0 Å². The van der Waals surface area contributed by atoms with Crippen molar-refractivity contribution in [2.24, 2.45) is 5.41 Å². The lowest BCUT2D eigenvalue weighted by Crippen LogP contribution is -2.46. The number of ether oxygens (including phenoxy) is 1. The van der Waals surface area contributed by atoms with Gasteiger partial charge < -0.3 is 30.8 Å². The van der Waals surface area contributed by atoms with Crippen molar-refractivity contribution in [3.05, 3.63) is 18.2 Å². The van der Waals surface area contributed by atoms with Gasteiger partial charge in [-0.05, 0) is 0 Å². The summed E-state index contributed by atoms with van der Waals surface area (Å²) in [5.41, 5.74) is -0.103. The molecule has 5 N–H and O–H groups in total. The van der Waals surface area contributed by atoms with Gasteiger partial charge in [0.2, 0.25) is 17.7 Å². The van der Waals surface area contributed by atoms with E-state index in [1.165, 1.54) is 6.92 Å². The second-order valence-electron chi connectivity index (χ2n) is 8.14. The molecule has 3 amide bonds. The van der Waals surface area contributed by atoms with E-state index in [4.69, 9.17) is 4.74 Å². The summed E-state index contributed by atoms with van der Waals surface area (Å²) >= 11 is 0.951. The average Bonchev–Trinajstić information content (AvgIpc) is 3.28. The second-order valence-corrected chi connectivity index (χ2v) is 9.29. The Morgan fingerprint density at radius 1 is 1.12 bits per heavy atom. The van der Waals surface area contributed by atoms with E-state index in [9.17, 15) is 29.1 Å². The molecule has 0 aromatic carbocycles. The third-order valence-electron chi connectivity index (χ3n) is 4.55. The zero-order chi connectivity index (χ0) is 25.6. The average molecular weight is 500 g/mol. The Labute approximate surface area is 202 Å². The number of thioether (sulfide) groups is 1. The van der Waals surface area contributed by atoms with Gasteiger partial charge in [-0.25, -0.2) is 4.98 Å². The topological polar surface area (TPSA) is 180 Å². The smallest absolute Gasteiger partial charge is 0.302 e. The van der Waals surface area contributed by atoms with Crippen molar-refractivity contribution < 1.29 is 33.8 Å². The van der Waals surface area contributed by atoms with E-state index in [0.717, 1.165) is 17.5 Å². The fourth-order valence-electron chi connectivity index (χ4n) is 2.56. The highest BCUT2D eigenvalue weighted by atomic mass is 32.2. The minimum Gasteiger partial charge on any atom is -0.465 e. The number of H-pyrrole nitrogens is 1.